The highest BCUT2D eigenvalue weighted by Gasteiger charge is 2.38. The zero-order valence-electron chi connectivity index (χ0n) is 15.6. The first-order chi connectivity index (χ1) is 12.4. The number of hydrogen-bond acceptors (Lipinski definition) is 4. The van der Waals surface area contributed by atoms with Gasteiger partial charge >= 0.3 is 6.18 Å². The Morgan fingerprint density at radius 3 is 2.37 bits per heavy atom. The summed E-state index contributed by atoms with van der Waals surface area (Å²) in [7, 11) is 3.07. The van der Waals surface area contributed by atoms with Gasteiger partial charge in [-0.05, 0) is 13.0 Å². The summed E-state index contributed by atoms with van der Waals surface area (Å²) < 4.78 is 39.3. The van der Waals surface area contributed by atoms with Gasteiger partial charge in [-0.3, -0.25) is 19.1 Å². The molecular formula is C16H22F3N5O3. The lowest BCUT2D eigenvalue weighted by Crippen LogP contribution is -2.61. The van der Waals surface area contributed by atoms with E-state index in [0.717, 1.165) is 10.7 Å². The maximum absolute atomic E-state index is 12.8. The lowest BCUT2D eigenvalue weighted by atomic mass is 10.1. The van der Waals surface area contributed by atoms with E-state index in [4.69, 9.17) is 0 Å². The van der Waals surface area contributed by atoms with Crippen molar-refractivity contribution in [1.82, 2.24) is 24.5 Å². The van der Waals surface area contributed by atoms with Crippen LogP contribution in [0.3, 0.4) is 0 Å². The van der Waals surface area contributed by atoms with Crippen LogP contribution in [0.2, 0.25) is 0 Å². The first-order valence-corrected chi connectivity index (χ1v) is 8.29. The summed E-state index contributed by atoms with van der Waals surface area (Å²) in [6, 6.07) is -0.0215. The minimum Gasteiger partial charge on any atom is -0.347 e. The summed E-state index contributed by atoms with van der Waals surface area (Å²) in [5.74, 6) is -1.10. The first-order valence-electron chi connectivity index (χ1n) is 8.29. The van der Waals surface area contributed by atoms with E-state index in [9.17, 15) is 27.6 Å². The molecule has 1 aromatic rings. The van der Waals surface area contributed by atoms with E-state index in [0.29, 0.717) is 0 Å². The summed E-state index contributed by atoms with van der Waals surface area (Å²) in [6.45, 7) is 2.80. The number of aryl methyl sites for hydroxylation is 1. The van der Waals surface area contributed by atoms with Crippen molar-refractivity contribution in [2.75, 3.05) is 33.7 Å². The predicted molar refractivity (Wildman–Crippen MR) is 88.4 cm³/mol. The number of aromatic nitrogens is 2. The molecule has 0 spiro atoms. The monoisotopic (exact) mass is 389 g/mol. The van der Waals surface area contributed by atoms with E-state index >= 15 is 0 Å². The van der Waals surface area contributed by atoms with Gasteiger partial charge in [0.15, 0.2) is 5.69 Å². The van der Waals surface area contributed by atoms with Crippen LogP contribution < -0.4 is 0 Å². The fourth-order valence-corrected chi connectivity index (χ4v) is 2.90. The maximum atomic E-state index is 12.8. The first kappa shape index (κ1) is 20.7. The second-order valence-electron chi connectivity index (χ2n) is 6.63. The minimum atomic E-state index is -4.60. The Labute approximate surface area is 154 Å². The number of amides is 3. The molecule has 1 atom stereocenters. The fourth-order valence-electron chi connectivity index (χ4n) is 2.90. The maximum Gasteiger partial charge on any atom is 0.435 e. The quantitative estimate of drug-likeness (QED) is 0.748. The SMILES string of the molecule is CC(=O)N1CCN(C(=O)Cn2nc(C(F)(F)F)cc2C)C(C(=O)N(C)C)C1. The molecule has 0 aliphatic carbocycles. The number of piperazine rings is 1. The molecule has 1 unspecified atom stereocenters. The average Bonchev–Trinajstić information content (AvgIpc) is 2.94. The van der Waals surface area contributed by atoms with Gasteiger partial charge in [0.1, 0.15) is 12.6 Å². The van der Waals surface area contributed by atoms with Gasteiger partial charge in [-0.15, -0.1) is 0 Å². The summed E-state index contributed by atoms with van der Waals surface area (Å²) >= 11 is 0. The molecule has 0 radical (unpaired) electrons. The summed E-state index contributed by atoms with van der Waals surface area (Å²) in [5.41, 5.74) is -0.886. The van der Waals surface area contributed by atoms with Gasteiger partial charge in [0.25, 0.3) is 0 Å². The lowest BCUT2D eigenvalue weighted by molar-refractivity contribution is -0.151. The highest BCUT2D eigenvalue weighted by atomic mass is 19.4. The molecule has 0 saturated carbocycles. The van der Waals surface area contributed by atoms with Gasteiger partial charge in [0.2, 0.25) is 17.7 Å². The van der Waals surface area contributed by atoms with Gasteiger partial charge in [-0.25, -0.2) is 0 Å². The molecular weight excluding hydrogens is 367 g/mol. The second-order valence-corrected chi connectivity index (χ2v) is 6.63. The molecule has 8 nitrogen and oxygen atoms in total. The Morgan fingerprint density at radius 1 is 1.26 bits per heavy atom. The molecule has 27 heavy (non-hydrogen) atoms. The van der Waals surface area contributed by atoms with Gasteiger partial charge in [0, 0.05) is 39.8 Å². The Kier molecular flexibility index (Phi) is 5.81. The lowest BCUT2D eigenvalue weighted by Gasteiger charge is -2.41. The summed E-state index contributed by atoms with van der Waals surface area (Å²) in [6.07, 6.45) is -4.60. The van der Waals surface area contributed by atoms with Gasteiger partial charge < -0.3 is 14.7 Å². The number of hydrogen-bond donors (Lipinski definition) is 0. The molecule has 1 aliphatic rings. The van der Waals surface area contributed by atoms with Crippen molar-refractivity contribution in [3.63, 3.8) is 0 Å². The molecule has 3 amide bonds. The Bertz CT molecular complexity index is 744. The Balaban J connectivity index is 2.21. The van der Waals surface area contributed by atoms with Crippen LogP contribution in [0.5, 0.6) is 0 Å². The van der Waals surface area contributed by atoms with E-state index in [2.05, 4.69) is 5.10 Å². The molecule has 1 saturated heterocycles. The van der Waals surface area contributed by atoms with Crippen LogP contribution in [0.25, 0.3) is 0 Å². The number of nitrogens with zero attached hydrogens (tertiary/aromatic N) is 5. The number of halogens is 3. The highest BCUT2D eigenvalue weighted by molar-refractivity contribution is 5.88. The van der Waals surface area contributed by atoms with Crippen molar-refractivity contribution in [2.24, 2.45) is 0 Å². The molecule has 11 heteroatoms. The van der Waals surface area contributed by atoms with Crippen LogP contribution in [0, 0.1) is 6.92 Å². The second kappa shape index (κ2) is 7.57. The molecule has 2 heterocycles. The van der Waals surface area contributed by atoms with Gasteiger partial charge in [-0.2, -0.15) is 18.3 Å². The van der Waals surface area contributed by atoms with E-state index < -0.39 is 30.4 Å². The van der Waals surface area contributed by atoms with E-state index in [1.54, 1.807) is 0 Å². The molecule has 1 fully saturated rings. The molecule has 150 valence electrons. The highest BCUT2D eigenvalue weighted by Crippen LogP contribution is 2.28. The topological polar surface area (TPSA) is 78.8 Å². The fraction of sp³-hybridized carbons (Fsp3) is 0.625. The smallest absolute Gasteiger partial charge is 0.347 e. The van der Waals surface area contributed by atoms with E-state index in [-0.39, 0.29) is 37.1 Å². The molecule has 0 bridgehead atoms. The van der Waals surface area contributed by atoms with Crippen LogP contribution in [-0.2, 0) is 27.1 Å². The third-order valence-corrected chi connectivity index (χ3v) is 4.43. The van der Waals surface area contributed by atoms with Crippen LogP contribution in [-0.4, -0.2) is 82.0 Å². The third-order valence-electron chi connectivity index (χ3n) is 4.43. The van der Waals surface area contributed by atoms with E-state index in [1.165, 1.54) is 42.6 Å². The number of likely N-dealkylation sites (N-methyl/N-ethyl adjacent to an activating group) is 1. The number of carbonyl (C=O) groups is 3. The van der Waals surface area contributed by atoms with Crippen molar-refractivity contribution in [2.45, 2.75) is 32.6 Å². The van der Waals surface area contributed by atoms with Crippen molar-refractivity contribution in [1.29, 1.82) is 0 Å². The molecule has 2 rings (SSSR count). The van der Waals surface area contributed by atoms with Crippen molar-refractivity contribution < 1.29 is 27.6 Å². The Hall–Kier alpha value is -2.59. The van der Waals surface area contributed by atoms with Crippen LogP contribution in [0.4, 0.5) is 13.2 Å². The third kappa shape index (κ3) is 4.58. The van der Waals surface area contributed by atoms with Gasteiger partial charge in [-0.1, -0.05) is 0 Å². The van der Waals surface area contributed by atoms with E-state index in [1.807, 2.05) is 0 Å². The molecule has 1 aromatic heterocycles. The largest absolute Gasteiger partial charge is 0.435 e. The number of rotatable bonds is 3. The summed E-state index contributed by atoms with van der Waals surface area (Å²) in [5, 5.41) is 3.45. The van der Waals surface area contributed by atoms with Crippen molar-refractivity contribution >= 4 is 17.7 Å². The van der Waals surface area contributed by atoms with Crippen LogP contribution >= 0.6 is 0 Å². The zero-order chi connectivity index (χ0) is 20.5. The summed E-state index contributed by atoms with van der Waals surface area (Å²) in [4.78, 5) is 40.9. The zero-order valence-corrected chi connectivity index (χ0v) is 15.6. The molecule has 1 aliphatic heterocycles. The number of alkyl halides is 3. The normalized spacial score (nSPS) is 17.8. The molecule has 0 aromatic carbocycles. The molecule has 0 N–H and O–H groups in total. The van der Waals surface area contributed by atoms with Crippen LogP contribution in [0.15, 0.2) is 6.07 Å². The van der Waals surface area contributed by atoms with Crippen LogP contribution in [0.1, 0.15) is 18.3 Å². The van der Waals surface area contributed by atoms with Crippen molar-refractivity contribution in [3.8, 4) is 0 Å². The van der Waals surface area contributed by atoms with Crippen molar-refractivity contribution in [3.05, 3.63) is 17.5 Å². The minimum absolute atomic E-state index is 0.0456. The average molecular weight is 389 g/mol. The predicted octanol–water partition coefficient (Wildman–Crippen LogP) is 0.358. The number of carbonyl (C=O) groups excluding carboxylic acids is 3. The standard InChI is InChI=1S/C16H22F3N5O3/c1-10-7-13(16(17,18)19)20-24(10)9-14(26)23-6-5-22(11(2)25)8-12(23)15(27)21(3)4/h7,12H,5-6,8-9H2,1-4H3. The van der Waals surface area contributed by atoms with Gasteiger partial charge in [0.05, 0.1) is 6.54 Å². The Morgan fingerprint density at radius 2 is 1.89 bits per heavy atom.